The molecule has 5 aliphatic carbocycles. The number of aliphatic hydroxyl groups is 1. The Morgan fingerprint density at radius 3 is 2.29 bits per heavy atom. The first-order chi connectivity index (χ1) is 16.1. The lowest BCUT2D eigenvalue weighted by molar-refractivity contribution is -0.194. The molecule has 35 heavy (non-hydrogen) atoms. The minimum atomic E-state index is -0.646. The second-order valence-corrected chi connectivity index (χ2v) is 15.0. The van der Waals surface area contributed by atoms with E-state index < -0.39 is 11.5 Å². The Balaban J connectivity index is 1.58. The first-order valence-corrected chi connectivity index (χ1v) is 14.1. The molecule has 9 atom stereocenters. The number of Topliss-reactive ketones (excluding diaryl/α,β-unsaturated/α-hetero) is 1. The maximum Gasteiger partial charge on any atom is 0.311 e. The van der Waals surface area contributed by atoms with Crippen LogP contribution < -0.4 is 0 Å². The summed E-state index contributed by atoms with van der Waals surface area (Å²) in [6.07, 6.45) is 10.4. The Morgan fingerprint density at radius 2 is 1.63 bits per heavy atom. The van der Waals surface area contributed by atoms with Crippen molar-refractivity contribution in [2.24, 2.45) is 50.2 Å². The number of allylic oxidation sites excluding steroid dienone is 2. The Hall–Kier alpha value is -1.16. The van der Waals surface area contributed by atoms with Crippen LogP contribution in [0.1, 0.15) is 106 Å². The number of fused-ring (bicyclic) bond motifs is 7. The van der Waals surface area contributed by atoms with Crippen LogP contribution in [0.3, 0.4) is 0 Å². The Morgan fingerprint density at radius 1 is 0.943 bits per heavy atom. The van der Waals surface area contributed by atoms with Crippen LogP contribution in [0.5, 0.6) is 0 Å². The summed E-state index contributed by atoms with van der Waals surface area (Å²) in [7, 11) is 1.47. The molecule has 0 bridgehead atoms. The second kappa shape index (κ2) is 7.45. The van der Waals surface area contributed by atoms with Gasteiger partial charge in [-0.1, -0.05) is 53.2 Å². The molecule has 4 nitrogen and oxygen atoms in total. The van der Waals surface area contributed by atoms with Gasteiger partial charge in [-0.05, 0) is 92.3 Å². The Bertz CT molecular complexity index is 980. The third kappa shape index (κ3) is 3.01. The van der Waals surface area contributed by atoms with Crippen LogP contribution in [0.4, 0.5) is 0 Å². The van der Waals surface area contributed by atoms with Crippen molar-refractivity contribution in [2.75, 3.05) is 7.11 Å². The number of rotatable bonds is 1. The number of aliphatic hydroxyl groups excluding tert-OH is 1. The molecule has 0 aromatic heterocycles. The maximum absolute atomic E-state index is 12.9. The molecule has 0 aromatic carbocycles. The van der Waals surface area contributed by atoms with Crippen LogP contribution in [0.15, 0.2) is 11.6 Å². The molecule has 5 rings (SSSR count). The van der Waals surface area contributed by atoms with Gasteiger partial charge in [0.05, 0.1) is 18.6 Å². The monoisotopic (exact) mass is 484 g/mol. The minimum Gasteiger partial charge on any atom is -0.469 e. The maximum atomic E-state index is 12.9. The van der Waals surface area contributed by atoms with Crippen molar-refractivity contribution in [2.45, 2.75) is 112 Å². The normalized spacial score (nSPS) is 52.8. The highest BCUT2D eigenvalue weighted by molar-refractivity contribution is 5.85. The third-order valence-electron chi connectivity index (χ3n) is 13.3. The molecule has 0 spiro atoms. The summed E-state index contributed by atoms with van der Waals surface area (Å²) < 4.78 is 5.22. The lowest BCUT2D eigenvalue weighted by atomic mass is 9.33. The minimum absolute atomic E-state index is 0.0494. The summed E-state index contributed by atoms with van der Waals surface area (Å²) in [6, 6.07) is 0. The summed E-state index contributed by atoms with van der Waals surface area (Å²) >= 11 is 0. The summed E-state index contributed by atoms with van der Waals surface area (Å²) in [5.41, 5.74) is 0.808. The molecule has 0 saturated heterocycles. The number of hydrogen-bond donors (Lipinski definition) is 1. The quantitative estimate of drug-likeness (QED) is 0.341. The summed E-state index contributed by atoms with van der Waals surface area (Å²) in [5.74, 6) is 1.46. The van der Waals surface area contributed by atoms with Crippen molar-refractivity contribution in [3.8, 4) is 0 Å². The van der Waals surface area contributed by atoms with Gasteiger partial charge < -0.3 is 9.84 Å². The first kappa shape index (κ1) is 25.5. The summed E-state index contributed by atoms with van der Waals surface area (Å²) in [5, 5.41) is 11.4. The zero-order valence-corrected chi connectivity index (χ0v) is 23.4. The molecule has 196 valence electrons. The topological polar surface area (TPSA) is 63.6 Å². The average Bonchev–Trinajstić information content (AvgIpc) is 2.78. The lowest BCUT2D eigenvalue weighted by Crippen LogP contribution is -2.65. The molecule has 0 radical (unpaired) electrons. The van der Waals surface area contributed by atoms with Gasteiger partial charge >= 0.3 is 5.97 Å². The molecule has 0 heterocycles. The van der Waals surface area contributed by atoms with E-state index in [-0.39, 0.29) is 39.0 Å². The standard InChI is InChI=1S/C31H48O4/c1-26(2)21-11-14-31(7)22(29(21,5)13-12-23(26)32)10-9-19-20-17-27(3,25(34)35-8)18-24(33)28(20,4)15-16-30(19,31)6/h9,20-22,24,33H,10-18H2,1-8H3/t20-,21-,22+,24-,27-,28+,29-,30+,31+/m0/s1. The van der Waals surface area contributed by atoms with E-state index in [1.807, 2.05) is 6.92 Å². The number of carbonyl (C=O) groups excluding carboxylic acids is 2. The van der Waals surface area contributed by atoms with E-state index in [2.05, 4.69) is 47.6 Å². The van der Waals surface area contributed by atoms with Gasteiger partial charge in [0, 0.05) is 17.3 Å². The van der Waals surface area contributed by atoms with Crippen LogP contribution in [-0.2, 0) is 14.3 Å². The molecule has 0 unspecified atom stereocenters. The van der Waals surface area contributed by atoms with Gasteiger partial charge in [-0.2, -0.15) is 0 Å². The zero-order chi connectivity index (χ0) is 25.8. The predicted octanol–water partition coefficient (Wildman–Crippen LogP) is 6.50. The van der Waals surface area contributed by atoms with E-state index in [0.717, 1.165) is 44.9 Å². The SMILES string of the molecule is COC(=O)[C@]1(C)C[C@H](O)[C@]2(C)CC[C@]3(C)C(=CC[C@@H]4[C@@]5(C)CCC(=O)C(C)(C)[C@@H]5CC[C@]43C)[C@@H]2C1. The molecule has 4 heteroatoms. The molecule has 1 N–H and O–H groups in total. The molecule has 4 fully saturated rings. The molecule has 0 aliphatic heterocycles. The van der Waals surface area contributed by atoms with Gasteiger partial charge in [-0.25, -0.2) is 0 Å². The fraction of sp³-hybridized carbons (Fsp3) is 0.871. The van der Waals surface area contributed by atoms with Crippen LogP contribution in [0.25, 0.3) is 0 Å². The highest BCUT2D eigenvalue weighted by Gasteiger charge is 2.69. The van der Waals surface area contributed by atoms with E-state index in [4.69, 9.17) is 4.74 Å². The molecule has 4 saturated carbocycles. The van der Waals surface area contributed by atoms with E-state index in [1.165, 1.54) is 12.7 Å². The van der Waals surface area contributed by atoms with Gasteiger partial charge in [0.25, 0.3) is 0 Å². The number of esters is 1. The Kier molecular flexibility index (Phi) is 5.43. The van der Waals surface area contributed by atoms with Crippen molar-refractivity contribution < 1.29 is 19.4 Å². The predicted molar refractivity (Wildman–Crippen MR) is 137 cm³/mol. The van der Waals surface area contributed by atoms with Crippen LogP contribution in [0, 0.1) is 50.2 Å². The number of methoxy groups -OCH3 is 1. The average molecular weight is 485 g/mol. The van der Waals surface area contributed by atoms with Crippen LogP contribution in [-0.4, -0.2) is 30.1 Å². The number of ether oxygens (including phenoxy) is 1. The highest BCUT2D eigenvalue weighted by atomic mass is 16.5. The van der Waals surface area contributed by atoms with E-state index in [0.29, 0.717) is 30.5 Å². The molecule has 0 amide bonds. The fourth-order valence-corrected chi connectivity index (χ4v) is 10.7. The van der Waals surface area contributed by atoms with Crippen LogP contribution in [0.2, 0.25) is 0 Å². The molecular weight excluding hydrogens is 436 g/mol. The van der Waals surface area contributed by atoms with Crippen molar-refractivity contribution in [3.05, 3.63) is 11.6 Å². The molecule has 0 aromatic rings. The van der Waals surface area contributed by atoms with Crippen molar-refractivity contribution >= 4 is 11.8 Å². The second-order valence-electron chi connectivity index (χ2n) is 15.0. The molecule has 5 aliphatic rings. The van der Waals surface area contributed by atoms with Gasteiger partial charge in [-0.15, -0.1) is 0 Å². The van der Waals surface area contributed by atoms with E-state index >= 15 is 0 Å². The summed E-state index contributed by atoms with van der Waals surface area (Å²) in [4.78, 5) is 25.8. The smallest absolute Gasteiger partial charge is 0.311 e. The number of hydrogen-bond acceptors (Lipinski definition) is 4. The largest absolute Gasteiger partial charge is 0.469 e. The van der Waals surface area contributed by atoms with E-state index in [9.17, 15) is 14.7 Å². The van der Waals surface area contributed by atoms with E-state index in [1.54, 1.807) is 0 Å². The lowest BCUT2D eigenvalue weighted by Gasteiger charge is -2.71. The first-order valence-electron chi connectivity index (χ1n) is 14.1. The van der Waals surface area contributed by atoms with Gasteiger partial charge in [-0.3, -0.25) is 9.59 Å². The fourth-order valence-electron chi connectivity index (χ4n) is 10.7. The van der Waals surface area contributed by atoms with Gasteiger partial charge in [0.2, 0.25) is 0 Å². The summed E-state index contributed by atoms with van der Waals surface area (Å²) in [6.45, 7) is 16.2. The highest BCUT2D eigenvalue weighted by Crippen LogP contribution is 2.75. The molecular formula is C31H48O4. The van der Waals surface area contributed by atoms with Crippen molar-refractivity contribution in [1.29, 1.82) is 0 Å². The number of ketones is 1. The Labute approximate surface area is 212 Å². The van der Waals surface area contributed by atoms with Crippen LogP contribution >= 0.6 is 0 Å². The van der Waals surface area contributed by atoms with Crippen molar-refractivity contribution in [3.63, 3.8) is 0 Å². The van der Waals surface area contributed by atoms with Gasteiger partial charge in [0.1, 0.15) is 5.78 Å². The number of carbonyl (C=O) groups is 2. The third-order valence-corrected chi connectivity index (χ3v) is 13.3. The van der Waals surface area contributed by atoms with Gasteiger partial charge in [0.15, 0.2) is 0 Å². The van der Waals surface area contributed by atoms with Crippen molar-refractivity contribution in [1.82, 2.24) is 0 Å². The zero-order valence-electron chi connectivity index (χ0n) is 23.4.